The Kier molecular flexibility index (Phi) is 2.78. The number of aromatic amines is 1. The van der Waals surface area contributed by atoms with E-state index in [1.54, 1.807) is 0 Å². The van der Waals surface area contributed by atoms with Gasteiger partial charge in [0, 0.05) is 33.8 Å². The molecule has 0 spiro atoms. The van der Waals surface area contributed by atoms with Crippen molar-refractivity contribution in [3.63, 3.8) is 0 Å². The average molecular weight is 349 g/mol. The van der Waals surface area contributed by atoms with Gasteiger partial charge in [0.05, 0.1) is 17.4 Å². The van der Waals surface area contributed by atoms with Crippen molar-refractivity contribution in [1.29, 1.82) is 0 Å². The first kappa shape index (κ1) is 14.5. The minimum Gasteiger partial charge on any atom is -0.361 e. The molecule has 6 rings (SSSR count). The van der Waals surface area contributed by atoms with Crippen LogP contribution < -0.4 is 4.90 Å². The number of aromatic nitrogens is 1. The van der Waals surface area contributed by atoms with Crippen LogP contribution in [0.1, 0.15) is 27.5 Å². The maximum atomic E-state index is 13.0. The van der Waals surface area contributed by atoms with Crippen LogP contribution in [0.25, 0.3) is 10.9 Å². The summed E-state index contributed by atoms with van der Waals surface area (Å²) in [7, 11) is 0. The number of amidine groups is 1. The molecular weight excluding hydrogens is 334 g/mol. The van der Waals surface area contributed by atoms with Crippen molar-refractivity contribution >= 4 is 33.9 Å². The minimum atomic E-state index is -0.0996. The molecule has 4 nitrogen and oxygen atoms in total. The molecule has 3 heterocycles. The van der Waals surface area contributed by atoms with E-state index >= 15 is 0 Å². The maximum Gasteiger partial charge on any atom is 0.230 e. The van der Waals surface area contributed by atoms with Crippen LogP contribution >= 0.6 is 0 Å². The predicted molar refractivity (Wildman–Crippen MR) is 107 cm³/mol. The number of nitrogens with one attached hydrogen (secondary N) is 1. The van der Waals surface area contributed by atoms with Crippen LogP contribution in [-0.4, -0.2) is 16.6 Å². The smallest absolute Gasteiger partial charge is 0.230 e. The SMILES string of the molecule is O=C1C2=Nc3ccccc3C(c3c[nH]c4ccccc34)N2c2ccccc21. The number of carbonyl (C=O) groups excluding carboxylic acids is 1. The zero-order valence-electron chi connectivity index (χ0n) is 14.4. The van der Waals surface area contributed by atoms with Gasteiger partial charge in [0.15, 0.2) is 5.84 Å². The van der Waals surface area contributed by atoms with Crippen molar-refractivity contribution < 1.29 is 4.79 Å². The molecule has 4 aromatic rings. The third kappa shape index (κ3) is 1.87. The van der Waals surface area contributed by atoms with Crippen molar-refractivity contribution in [2.45, 2.75) is 6.04 Å². The standard InChI is InChI=1S/C23H15N3O/c27-22-16-9-3-6-12-20(16)26-21(15-8-2-5-11-19(15)25-23(22)26)17-13-24-18-10-4-1-7-14(17)18/h1-13,21,24H. The fourth-order valence-electron chi connectivity index (χ4n) is 4.29. The van der Waals surface area contributed by atoms with E-state index in [0.29, 0.717) is 11.4 Å². The first-order valence-corrected chi connectivity index (χ1v) is 8.99. The lowest BCUT2D eigenvalue weighted by Gasteiger charge is -2.34. The molecule has 3 aromatic carbocycles. The van der Waals surface area contributed by atoms with Crippen molar-refractivity contribution in [2.75, 3.05) is 4.90 Å². The summed E-state index contributed by atoms with van der Waals surface area (Å²) >= 11 is 0. The molecule has 27 heavy (non-hydrogen) atoms. The van der Waals surface area contributed by atoms with Gasteiger partial charge < -0.3 is 9.88 Å². The Hall–Kier alpha value is -3.66. The number of hydrogen-bond donors (Lipinski definition) is 1. The monoisotopic (exact) mass is 349 g/mol. The maximum absolute atomic E-state index is 13.0. The zero-order chi connectivity index (χ0) is 18.0. The van der Waals surface area contributed by atoms with Gasteiger partial charge >= 0.3 is 0 Å². The third-order valence-corrected chi connectivity index (χ3v) is 5.47. The number of ketones is 1. The summed E-state index contributed by atoms with van der Waals surface area (Å²) in [5.74, 6) is 0.495. The quantitative estimate of drug-likeness (QED) is 0.525. The molecule has 0 saturated heterocycles. The molecule has 0 bridgehead atoms. The summed E-state index contributed by atoms with van der Waals surface area (Å²) in [6.45, 7) is 0. The van der Waals surface area contributed by atoms with Gasteiger partial charge in [-0.25, -0.2) is 4.99 Å². The Morgan fingerprint density at radius 3 is 2.59 bits per heavy atom. The number of para-hydroxylation sites is 3. The van der Waals surface area contributed by atoms with Crippen molar-refractivity contribution in [1.82, 2.24) is 4.98 Å². The second-order valence-electron chi connectivity index (χ2n) is 6.90. The van der Waals surface area contributed by atoms with Crippen molar-refractivity contribution in [2.24, 2.45) is 4.99 Å². The molecule has 128 valence electrons. The van der Waals surface area contributed by atoms with Gasteiger partial charge in [-0.15, -0.1) is 0 Å². The largest absolute Gasteiger partial charge is 0.361 e. The number of H-pyrrole nitrogens is 1. The van der Waals surface area contributed by atoms with E-state index in [0.717, 1.165) is 33.4 Å². The van der Waals surface area contributed by atoms with Crippen LogP contribution in [0.2, 0.25) is 0 Å². The highest BCUT2D eigenvalue weighted by Crippen LogP contribution is 2.47. The number of rotatable bonds is 1. The molecule has 0 amide bonds. The van der Waals surface area contributed by atoms with Crippen LogP contribution in [0.15, 0.2) is 84.0 Å². The third-order valence-electron chi connectivity index (χ3n) is 5.47. The van der Waals surface area contributed by atoms with Crippen molar-refractivity contribution in [3.8, 4) is 0 Å². The van der Waals surface area contributed by atoms with E-state index in [4.69, 9.17) is 4.99 Å². The summed E-state index contributed by atoms with van der Waals surface area (Å²) < 4.78 is 0. The average Bonchev–Trinajstić information content (AvgIpc) is 3.27. The van der Waals surface area contributed by atoms with Gasteiger partial charge in [-0.1, -0.05) is 48.5 Å². The second kappa shape index (κ2) is 5.17. The van der Waals surface area contributed by atoms with Gasteiger partial charge in [0.2, 0.25) is 5.78 Å². The number of anilines is 1. The summed E-state index contributed by atoms with van der Waals surface area (Å²) in [5.41, 5.74) is 5.85. The van der Waals surface area contributed by atoms with Crippen LogP contribution in [0.3, 0.4) is 0 Å². The molecule has 0 radical (unpaired) electrons. The van der Waals surface area contributed by atoms with Crippen LogP contribution in [-0.2, 0) is 0 Å². The topological polar surface area (TPSA) is 48.5 Å². The zero-order valence-corrected chi connectivity index (χ0v) is 14.4. The molecule has 2 aliphatic heterocycles. The van der Waals surface area contributed by atoms with Gasteiger partial charge in [0.1, 0.15) is 0 Å². The number of aliphatic imine (C=N–C) groups is 1. The Morgan fingerprint density at radius 2 is 1.63 bits per heavy atom. The summed E-state index contributed by atoms with van der Waals surface area (Å²) in [6, 6.07) is 24.0. The van der Waals surface area contributed by atoms with E-state index in [9.17, 15) is 4.79 Å². The molecular formula is C23H15N3O. The van der Waals surface area contributed by atoms with Crippen molar-refractivity contribution in [3.05, 3.63) is 95.7 Å². The highest BCUT2D eigenvalue weighted by molar-refractivity contribution is 6.55. The molecule has 0 saturated carbocycles. The Labute approximate surface area is 155 Å². The fourth-order valence-corrected chi connectivity index (χ4v) is 4.29. The fraction of sp³-hybridized carbons (Fsp3) is 0.0435. The van der Waals surface area contributed by atoms with E-state index < -0.39 is 0 Å². The van der Waals surface area contributed by atoms with Crippen LogP contribution in [0, 0.1) is 0 Å². The molecule has 1 N–H and O–H groups in total. The number of benzene rings is 3. The van der Waals surface area contributed by atoms with Crippen LogP contribution in [0.4, 0.5) is 11.4 Å². The van der Waals surface area contributed by atoms with E-state index in [1.807, 2.05) is 54.6 Å². The van der Waals surface area contributed by atoms with Gasteiger partial charge in [0.25, 0.3) is 0 Å². The van der Waals surface area contributed by atoms with E-state index in [2.05, 4.69) is 34.3 Å². The summed E-state index contributed by atoms with van der Waals surface area (Å²) in [4.78, 5) is 23.2. The van der Waals surface area contributed by atoms with E-state index in [1.165, 1.54) is 0 Å². The second-order valence-corrected chi connectivity index (χ2v) is 6.90. The predicted octanol–water partition coefficient (Wildman–Crippen LogP) is 5.00. The normalized spacial score (nSPS) is 17.5. The Balaban J connectivity index is 1.68. The highest BCUT2D eigenvalue weighted by Gasteiger charge is 2.42. The lowest BCUT2D eigenvalue weighted by Crippen LogP contribution is -2.37. The lowest BCUT2D eigenvalue weighted by molar-refractivity contribution is 0.106. The first-order chi connectivity index (χ1) is 13.3. The highest BCUT2D eigenvalue weighted by atomic mass is 16.1. The van der Waals surface area contributed by atoms with Gasteiger partial charge in [-0.05, 0) is 24.3 Å². The summed E-state index contributed by atoms with van der Waals surface area (Å²) in [6.07, 6.45) is 2.06. The number of nitrogens with zero attached hydrogens (tertiary/aromatic N) is 2. The number of hydrogen-bond acceptors (Lipinski definition) is 3. The Bertz CT molecular complexity index is 1270. The van der Waals surface area contributed by atoms with Crippen LogP contribution in [0.5, 0.6) is 0 Å². The molecule has 1 unspecified atom stereocenters. The van der Waals surface area contributed by atoms with Gasteiger partial charge in [-0.2, -0.15) is 0 Å². The lowest BCUT2D eigenvalue weighted by atomic mass is 9.93. The Morgan fingerprint density at radius 1 is 0.852 bits per heavy atom. The molecule has 1 atom stereocenters. The number of carbonyl (C=O) groups is 1. The number of Topliss-reactive ketones (excluding diaryl/α,β-unsaturated/α-hetero) is 1. The summed E-state index contributed by atoms with van der Waals surface area (Å²) in [5, 5.41) is 1.16. The molecule has 0 aliphatic carbocycles. The first-order valence-electron chi connectivity index (χ1n) is 8.99. The number of fused-ring (bicyclic) bond motifs is 5. The molecule has 0 fully saturated rings. The van der Waals surface area contributed by atoms with Gasteiger partial charge in [-0.3, -0.25) is 4.79 Å². The molecule has 1 aromatic heterocycles. The molecule has 2 aliphatic rings. The minimum absolute atomic E-state index is 0.00931. The van der Waals surface area contributed by atoms with E-state index in [-0.39, 0.29) is 11.8 Å². The molecule has 4 heteroatoms.